The first kappa shape index (κ1) is 37.4. The van der Waals surface area contributed by atoms with Crippen molar-refractivity contribution in [3.63, 3.8) is 0 Å². The van der Waals surface area contributed by atoms with Gasteiger partial charge in [-0.2, -0.15) is 0 Å². The Balaban J connectivity index is 0.00000648. The van der Waals surface area contributed by atoms with Crippen molar-refractivity contribution in [1.29, 1.82) is 0 Å². The van der Waals surface area contributed by atoms with Gasteiger partial charge in [-0.25, -0.2) is 0 Å². The van der Waals surface area contributed by atoms with Crippen LogP contribution in [0, 0.1) is 0 Å². The van der Waals surface area contributed by atoms with Crippen molar-refractivity contribution in [2.24, 2.45) is 0 Å². The SMILES string of the molecule is CCCCC1=C[C](CCCC)([Zr+2][C]2(CCCC)C=C(CCCC)C=C2CCCC)C(CCCC)=C1.[Cl-].[Cl-]. The minimum Gasteiger partial charge on any atom is -1.00 e. The van der Waals surface area contributed by atoms with Crippen LogP contribution < -0.4 is 24.8 Å². The number of hydrogen-bond acceptors (Lipinski definition) is 0. The summed E-state index contributed by atoms with van der Waals surface area (Å²) in [5, 5.41) is 0. The second kappa shape index (κ2) is 20.3. The quantitative estimate of drug-likeness (QED) is 0.149. The number of unbranched alkanes of at least 4 members (excludes halogenated alkanes) is 6. The van der Waals surface area contributed by atoms with E-state index >= 15 is 0 Å². The summed E-state index contributed by atoms with van der Waals surface area (Å²) in [7, 11) is 0. The molecule has 0 N–H and O–H groups in total. The van der Waals surface area contributed by atoms with E-state index in [0.717, 1.165) is 0 Å². The molecule has 2 aliphatic rings. The maximum Gasteiger partial charge on any atom is -1.00 e. The first-order valence-corrected chi connectivity index (χ1v) is 18.1. The van der Waals surface area contributed by atoms with E-state index in [-0.39, 0.29) is 24.8 Å². The van der Waals surface area contributed by atoms with E-state index < -0.39 is 23.2 Å². The molecule has 0 spiro atoms. The summed E-state index contributed by atoms with van der Waals surface area (Å²) >= 11 is -0.837. The fourth-order valence-electron chi connectivity index (χ4n) is 6.11. The Bertz CT molecular complexity index is 685. The second-order valence-electron chi connectivity index (χ2n) is 11.5. The van der Waals surface area contributed by atoms with Crippen LogP contribution in [-0.4, -0.2) is 0 Å². The molecule has 0 aliphatic heterocycles. The summed E-state index contributed by atoms with van der Waals surface area (Å²) in [6.45, 7) is 14.3. The van der Waals surface area contributed by atoms with Crippen molar-refractivity contribution in [3.05, 3.63) is 46.6 Å². The molecule has 0 saturated carbocycles. The number of halogens is 2. The molecule has 2 rings (SSSR count). The standard InChI is InChI=1S/2C17H29.2ClH.Zr/c2*1-4-7-10-15-13-16(11-8-5-2)17(14-15)12-9-6-3;;;/h2*13-14H,4-12H2,1-3H3;2*1H;/q;;;;+2/p-2. The number of allylic oxidation sites excluding steroid dienone is 8. The summed E-state index contributed by atoms with van der Waals surface area (Å²) in [4.78, 5) is 0. The van der Waals surface area contributed by atoms with Crippen molar-refractivity contribution in [1.82, 2.24) is 0 Å². The Morgan fingerprint density at radius 1 is 0.486 bits per heavy atom. The molecular weight excluding hydrogens is 571 g/mol. The molecule has 0 aromatic carbocycles. The van der Waals surface area contributed by atoms with Gasteiger partial charge in [0.25, 0.3) is 0 Å². The maximum atomic E-state index is 2.89. The van der Waals surface area contributed by atoms with Crippen LogP contribution in [0.3, 0.4) is 0 Å². The van der Waals surface area contributed by atoms with Gasteiger partial charge in [-0.15, -0.1) is 0 Å². The van der Waals surface area contributed by atoms with Crippen LogP contribution >= 0.6 is 0 Å². The van der Waals surface area contributed by atoms with Crippen LogP contribution in [0.25, 0.3) is 0 Å². The third-order valence-corrected chi connectivity index (χ3v) is 14.0. The fourth-order valence-corrected chi connectivity index (χ4v) is 12.6. The predicted octanol–water partition coefficient (Wildman–Crippen LogP) is 6.27. The zero-order chi connectivity index (χ0) is 25.6. The minimum atomic E-state index is -0.837. The molecule has 212 valence electrons. The largest absolute Gasteiger partial charge is 1.00 e. The van der Waals surface area contributed by atoms with Crippen LogP contribution in [0.4, 0.5) is 0 Å². The monoisotopic (exact) mass is 626 g/mol. The molecule has 3 heteroatoms. The molecule has 0 bridgehead atoms. The van der Waals surface area contributed by atoms with E-state index in [1.54, 1.807) is 11.1 Å². The van der Waals surface area contributed by atoms with Crippen LogP contribution in [0.1, 0.15) is 157 Å². The zero-order valence-corrected chi connectivity index (χ0v) is 29.3. The van der Waals surface area contributed by atoms with Gasteiger partial charge < -0.3 is 24.8 Å². The fraction of sp³-hybridized carbons (Fsp3) is 0.765. The zero-order valence-electron chi connectivity index (χ0n) is 25.3. The molecule has 2 aliphatic carbocycles. The molecule has 0 aromatic heterocycles. The van der Waals surface area contributed by atoms with E-state index in [4.69, 9.17) is 0 Å². The summed E-state index contributed by atoms with van der Waals surface area (Å²) in [6, 6.07) is 0. The average molecular weight is 629 g/mol. The Labute approximate surface area is 256 Å². The first-order chi connectivity index (χ1) is 17.0. The van der Waals surface area contributed by atoms with E-state index in [1.165, 1.54) is 116 Å². The molecule has 0 fully saturated rings. The molecule has 2 atom stereocenters. The van der Waals surface area contributed by atoms with Gasteiger partial charge in [0.2, 0.25) is 0 Å². The van der Waals surface area contributed by atoms with Crippen LogP contribution in [0.15, 0.2) is 46.6 Å². The Kier molecular flexibility index (Phi) is 20.6. The molecule has 2 unspecified atom stereocenters. The molecule has 0 amide bonds. The van der Waals surface area contributed by atoms with Gasteiger partial charge in [-0.05, 0) is 0 Å². The first-order valence-electron chi connectivity index (χ1n) is 15.7. The Hall–Kier alpha value is 0.423. The molecule has 0 heterocycles. The van der Waals surface area contributed by atoms with Gasteiger partial charge in [0.1, 0.15) is 0 Å². The summed E-state index contributed by atoms with van der Waals surface area (Å²) in [5.41, 5.74) is 7.14. The van der Waals surface area contributed by atoms with E-state index in [0.29, 0.717) is 6.25 Å². The summed E-state index contributed by atoms with van der Waals surface area (Å²) in [6.07, 6.45) is 35.5. The van der Waals surface area contributed by atoms with Crippen molar-refractivity contribution in [2.45, 2.75) is 163 Å². The van der Waals surface area contributed by atoms with Crippen molar-refractivity contribution >= 4 is 0 Å². The average Bonchev–Trinajstić information content (AvgIpc) is 3.38. The minimum absolute atomic E-state index is 0. The van der Waals surface area contributed by atoms with Crippen molar-refractivity contribution in [3.8, 4) is 0 Å². The normalized spacial score (nSPS) is 22.4. The number of rotatable bonds is 20. The molecule has 37 heavy (non-hydrogen) atoms. The van der Waals surface area contributed by atoms with Crippen molar-refractivity contribution < 1.29 is 48.0 Å². The van der Waals surface area contributed by atoms with Gasteiger partial charge in [-0.3, -0.25) is 0 Å². The molecule has 0 aromatic rings. The van der Waals surface area contributed by atoms with Gasteiger partial charge >= 0.3 is 233 Å². The smallest absolute Gasteiger partial charge is 1.00 e. The molecule has 0 radical (unpaired) electrons. The Morgan fingerprint density at radius 2 is 0.811 bits per heavy atom. The van der Waals surface area contributed by atoms with Gasteiger partial charge in [0.15, 0.2) is 0 Å². The number of hydrogen-bond donors (Lipinski definition) is 0. The van der Waals surface area contributed by atoms with E-state index in [9.17, 15) is 0 Å². The second-order valence-corrected chi connectivity index (χ2v) is 16.5. The summed E-state index contributed by atoms with van der Waals surface area (Å²) in [5.74, 6) is 0. The van der Waals surface area contributed by atoms with Gasteiger partial charge in [-0.1, -0.05) is 0 Å². The third kappa shape index (κ3) is 11.1. The summed E-state index contributed by atoms with van der Waals surface area (Å²) < 4.78 is 0.904. The molecule has 0 saturated heterocycles. The van der Waals surface area contributed by atoms with Crippen LogP contribution in [0.2, 0.25) is 6.25 Å². The Morgan fingerprint density at radius 3 is 1.14 bits per heavy atom. The van der Waals surface area contributed by atoms with Crippen LogP contribution in [-0.2, 0) is 23.2 Å². The third-order valence-electron chi connectivity index (χ3n) is 8.26. The van der Waals surface area contributed by atoms with Gasteiger partial charge in [0.05, 0.1) is 0 Å². The van der Waals surface area contributed by atoms with Gasteiger partial charge in [0, 0.05) is 0 Å². The molecular formula is C34H58Cl2Zr. The van der Waals surface area contributed by atoms with E-state index in [2.05, 4.69) is 65.8 Å². The maximum absolute atomic E-state index is 2.89. The van der Waals surface area contributed by atoms with Crippen LogP contribution in [0.5, 0.6) is 0 Å². The topological polar surface area (TPSA) is 0 Å². The van der Waals surface area contributed by atoms with E-state index in [1.807, 2.05) is 11.1 Å². The van der Waals surface area contributed by atoms with Crippen molar-refractivity contribution in [2.75, 3.05) is 0 Å². The predicted molar refractivity (Wildman–Crippen MR) is 155 cm³/mol. The molecule has 0 nitrogen and oxygen atoms in total.